The van der Waals surface area contributed by atoms with Crippen molar-refractivity contribution in [2.24, 2.45) is 16.1 Å². The Bertz CT molecular complexity index is 616. The summed E-state index contributed by atoms with van der Waals surface area (Å²) in [5.41, 5.74) is 2.74. The summed E-state index contributed by atoms with van der Waals surface area (Å²) in [6.07, 6.45) is 0.303. The minimum Gasteiger partial charge on any atom is -0.321 e. The molecule has 0 radical (unpaired) electrons. The van der Waals surface area contributed by atoms with Gasteiger partial charge in [-0.3, -0.25) is 9.59 Å². The topological polar surface area (TPSA) is 70.9 Å². The van der Waals surface area contributed by atoms with Gasteiger partial charge in [0.15, 0.2) is 0 Å². The van der Waals surface area contributed by atoms with Crippen LogP contribution in [-0.2, 0) is 9.59 Å². The number of benzene rings is 1. The first kappa shape index (κ1) is 10.8. The first-order valence-electron chi connectivity index (χ1n) is 5.76. The van der Waals surface area contributed by atoms with Crippen molar-refractivity contribution in [1.82, 2.24) is 0 Å². The summed E-state index contributed by atoms with van der Waals surface area (Å²) >= 11 is 0. The number of carbonyl (C=O) groups is 2. The summed E-state index contributed by atoms with van der Waals surface area (Å²) in [6.45, 7) is 1.88. The number of nitrogens with zero attached hydrogens (tertiary/aromatic N) is 2. The number of anilines is 1. The lowest BCUT2D eigenvalue weighted by Gasteiger charge is -2.15. The van der Waals surface area contributed by atoms with Gasteiger partial charge < -0.3 is 5.32 Å². The molecule has 2 heterocycles. The summed E-state index contributed by atoms with van der Waals surface area (Å²) in [7, 11) is 0. The molecule has 5 heteroatoms. The molecular weight excluding hydrogens is 230 g/mol. The third kappa shape index (κ3) is 1.55. The number of carbonyl (C=O) groups excluding carboxylic acids is 2. The van der Waals surface area contributed by atoms with Crippen molar-refractivity contribution in [3.63, 3.8) is 0 Å². The van der Waals surface area contributed by atoms with E-state index in [4.69, 9.17) is 0 Å². The molecule has 1 unspecified atom stereocenters. The smallest absolute Gasteiger partial charge is 0.265 e. The van der Waals surface area contributed by atoms with Gasteiger partial charge >= 0.3 is 0 Å². The highest BCUT2D eigenvalue weighted by Gasteiger charge is 2.31. The zero-order chi connectivity index (χ0) is 12.7. The number of fused-ring (bicyclic) bond motifs is 1. The monoisotopic (exact) mass is 241 g/mol. The van der Waals surface area contributed by atoms with Gasteiger partial charge in [-0.05, 0) is 6.07 Å². The van der Waals surface area contributed by atoms with Crippen molar-refractivity contribution >= 4 is 23.1 Å². The summed E-state index contributed by atoms with van der Waals surface area (Å²) in [5.74, 6) is -0.494. The van der Waals surface area contributed by atoms with Crippen LogP contribution in [0.5, 0.6) is 0 Å². The normalized spacial score (nSPS) is 26.2. The second-order valence-corrected chi connectivity index (χ2v) is 4.46. The van der Waals surface area contributed by atoms with Gasteiger partial charge in [0.05, 0.1) is 11.3 Å². The molecule has 3 rings (SSSR count). The fourth-order valence-electron chi connectivity index (χ4n) is 2.28. The van der Waals surface area contributed by atoms with Crippen LogP contribution in [0, 0.1) is 5.92 Å². The van der Waals surface area contributed by atoms with E-state index in [1.165, 1.54) is 0 Å². The first-order chi connectivity index (χ1) is 8.66. The van der Waals surface area contributed by atoms with Crippen molar-refractivity contribution in [2.75, 3.05) is 5.32 Å². The Morgan fingerprint density at radius 1 is 1.22 bits per heavy atom. The van der Waals surface area contributed by atoms with E-state index in [0.717, 1.165) is 11.3 Å². The number of hydrogen-bond donors (Lipinski definition) is 1. The molecule has 1 N–H and O–H groups in total. The quantitative estimate of drug-likeness (QED) is 0.708. The molecule has 2 amide bonds. The van der Waals surface area contributed by atoms with E-state index in [0.29, 0.717) is 17.7 Å². The number of nitrogens with one attached hydrogen (secondary N) is 1. The van der Waals surface area contributed by atoms with E-state index < -0.39 is 0 Å². The molecule has 0 saturated heterocycles. The molecule has 1 aromatic carbocycles. The predicted octanol–water partition coefficient (Wildman–Crippen LogP) is 2.37. The summed E-state index contributed by atoms with van der Waals surface area (Å²) < 4.78 is 0. The van der Waals surface area contributed by atoms with E-state index >= 15 is 0 Å². The minimum absolute atomic E-state index is 0.0816. The third-order valence-electron chi connectivity index (χ3n) is 3.14. The molecule has 90 valence electrons. The van der Waals surface area contributed by atoms with Crippen LogP contribution in [0.2, 0.25) is 0 Å². The van der Waals surface area contributed by atoms with E-state index in [1.807, 2.05) is 31.2 Å². The van der Waals surface area contributed by atoms with Crippen molar-refractivity contribution < 1.29 is 9.59 Å². The van der Waals surface area contributed by atoms with Crippen LogP contribution < -0.4 is 5.32 Å². The van der Waals surface area contributed by atoms with Crippen molar-refractivity contribution in [2.45, 2.75) is 13.3 Å². The molecular formula is C13H11N3O2. The number of azo groups is 1. The van der Waals surface area contributed by atoms with Crippen molar-refractivity contribution in [1.29, 1.82) is 0 Å². The second-order valence-electron chi connectivity index (χ2n) is 4.46. The van der Waals surface area contributed by atoms with Crippen LogP contribution >= 0.6 is 0 Å². The summed E-state index contributed by atoms with van der Waals surface area (Å²) in [5, 5.41) is 10.3. The van der Waals surface area contributed by atoms with Crippen LogP contribution in [0.3, 0.4) is 0 Å². The second kappa shape index (κ2) is 3.87. The van der Waals surface area contributed by atoms with Gasteiger partial charge in [-0.2, -0.15) is 5.11 Å². The van der Waals surface area contributed by atoms with E-state index in [-0.39, 0.29) is 17.7 Å². The lowest BCUT2D eigenvalue weighted by atomic mass is 9.95. The zero-order valence-electron chi connectivity index (χ0n) is 9.80. The largest absolute Gasteiger partial charge is 0.321 e. The lowest BCUT2D eigenvalue weighted by Crippen LogP contribution is -2.14. The van der Waals surface area contributed by atoms with Gasteiger partial charge in [-0.25, -0.2) is 0 Å². The van der Waals surface area contributed by atoms with Crippen LogP contribution in [-0.4, -0.2) is 11.8 Å². The zero-order valence-corrected chi connectivity index (χ0v) is 9.80. The average Bonchev–Trinajstić information content (AvgIpc) is 2.66. The van der Waals surface area contributed by atoms with E-state index in [1.54, 1.807) is 0 Å². The third-order valence-corrected chi connectivity index (χ3v) is 3.14. The van der Waals surface area contributed by atoms with Gasteiger partial charge in [0.1, 0.15) is 0 Å². The maximum Gasteiger partial charge on any atom is 0.265 e. The van der Waals surface area contributed by atoms with Crippen LogP contribution in [0.15, 0.2) is 40.2 Å². The number of allylic oxidation sites excluding steroid dienone is 1. The fraction of sp³-hybridized carbons (Fsp3) is 0.231. The van der Waals surface area contributed by atoms with Crippen molar-refractivity contribution in [3.05, 3.63) is 35.5 Å². The van der Waals surface area contributed by atoms with Gasteiger partial charge in [0.25, 0.3) is 11.8 Å². The molecule has 1 atom stereocenters. The van der Waals surface area contributed by atoms with Crippen LogP contribution in [0.1, 0.15) is 18.9 Å². The Balaban J connectivity index is 2.20. The molecule has 2 aliphatic heterocycles. The molecule has 0 saturated carbocycles. The number of hydrogen-bond acceptors (Lipinski definition) is 3. The minimum atomic E-state index is -0.237. The van der Waals surface area contributed by atoms with Gasteiger partial charge in [-0.1, -0.05) is 25.1 Å². The fourth-order valence-corrected chi connectivity index (χ4v) is 2.28. The van der Waals surface area contributed by atoms with Crippen LogP contribution in [0.4, 0.5) is 5.69 Å². The molecule has 0 fully saturated rings. The Kier molecular flexibility index (Phi) is 2.33. The van der Waals surface area contributed by atoms with E-state index in [9.17, 15) is 9.59 Å². The number of rotatable bonds is 0. The Morgan fingerprint density at radius 3 is 2.78 bits per heavy atom. The number of para-hydroxylation sites is 1. The first-order valence-corrected chi connectivity index (χ1v) is 5.76. The SMILES string of the molecule is CC1CC(=O)N=NC1=C1C(=O)Nc2ccccc21. The Hall–Kier alpha value is -2.30. The highest BCUT2D eigenvalue weighted by Crippen LogP contribution is 2.38. The van der Waals surface area contributed by atoms with Gasteiger partial charge in [-0.15, -0.1) is 5.11 Å². The molecule has 18 heavy (non-hydrogen) atoms. The highest BCUT2D eigenvalue weighted by atomic mass is 16.2. The molecule has 0 aromatic heterocycles. The van der Waals surface area contributed by atoms with E-state index in [2.05, 4.69) is 15.5 Å². The lowest BCUT2D eigenvalue weighted by molar-refractivity contribution is -0.119. The molecule has 1 aromatic rings. The molecule has 5 nitrogen and oxygen atoms in total. The molecule has 0 bridgehead atoms. The summed E-state index contributed by atoms with van der Waals surface area (Å²) in [4.78, 5) is 23.2. The molecule has 2 aliphatic rings. The average molecular weight is 241 g/mol. The number of amides is 2. The van der Waals surface area contributed by atoms with Crippen molar-refractivity contribution in [3.8, 4) is 0 Å². The Morgan fingerprint density at radius 2 is 2.00 bits per heavy atom. The Labute approximate surface area is 104 Å². The maximum absolute atomic E-state index is 12.0. The van der Waals surface area contributed by atoms with Crippen LogP contribution in [0.25, 0.3) is 5.57 Å². The molecule has 0 spiro atoms. The predicted molar refractivity (Wildman–Crippen MR) is 65.6 cm³/mol. The molecule has 0 aliphatic carbocycles. The standard InChI is InChI=1S/C13H11N3O2/c1-7-6-10(17)15-16-12(7)11-8-4-2-3-5-9(8)14-13(11)18/h2-5,7H,6H2,1H3,(H,14,18). The maximum atomic E-state index is 12.0. The van der Waals surface area contributed by atoms with Gasteiger partial charge in [0.2, 0.25) is 0 Å². The van der Waals surface area contributed by atoms with Gasteiger partial charge in [0, 0.05) is 23.6 Å². The highest BCUT2D eigenvalue weighted by molar-refractivity contribution is 6.32. The summed E-state index contributed by atoms with van der Waals surface area (Å²) in [6, 6.07) is 7.45.